The molecular weight excluding hydrogens is 361 g/mol. The lowest BCUT2D eigenvalue weighted by Crippen LogP contribution is -2.24. The fourth-order valence-electron chi connectivity index (χ4n) is 2.75. The van der Waals surface area contributed by atoms with Crippen LogP contribution in [0.2, 0.25) is 0 Å². The number of aryl methyl sites for hydroxylation is 2. The number of hydrogen-bond acceptors (Lipinski definition) is 4. The van der Waals surface area contributed by atoms with Crippen molar-refractivity contribution >= 4 is 17.2 Å². The smallest absolute Gasteiger partial charge is 0.220 e. The Labute approximate surface area is 162 Å². The summed E-state index contributed by atoms with van der Waals surface area (Å²) in [6, 6.07) is 10.7. The van der Waals surface area contributed by atoms with Gasteiger partial charge in [-0.3, -0.25) is 9.78 Å². The molecule has 0 saturated carbocycles. The first-order valence-electron chi connectivity index (χ1n) is 9.07. The fraction of sp³-hybridized carbons (Fsp3) is 0.286. The van der Waals surface area contributed by atoms with E-state index in [-0.39, 0.29) is 11.7 Å². The van der Waals surface area contributed by atoms with E-state index in [2.05, 4.69) is 15.3 Å². The van der Waals surface area contributed by atoms with E-state index in [0.29, 0.717) is 25.8 Å². The molecule has 0 spiro atoms. The number of carbonyl (C=O) groups excluding carboxylic acids is 1. The van der Waals surface area contributed by atoms with E-state index in [1.165, 1.54) is 6.07 Å². The summed E-state index contributed by atoms with van der Waals surface area (Å²) < 4.78 is 13.5. The van der Waals surface area contributed by atoms with Crippen LogP contribution < -0.4 is 5.32 Å². The van der Waals surface area contributed by atoms with Gasteiger partial charge in [-0.05, 0) is 49.4 Å². The summed E-state index contributed by atoms with van der Waals surface area (Å²) in [7, 11) is 0. The zero-order valence-electron chi connectivity index (χ0n) is 15.0. The van der Waals surface area contributed by atoms with E-state index in [9.17, 15) is 9.18 Å². The SMILES string of the molecule is O=C(CCc1csc(-c2ccncc2)n1)NCCCCc1ccccc1F. The highest BCUT2D eigenvalue weighted by molar-refractivity contribution is 7.13. The number of pyridine rings is 1. The molecule has 4 nitrogen and oxygen atoms in total. The molecule has 1 aromatic carbocycles. The largest absolute Gasteiger partial charge is 0.356 e. The average molecular weight is 383 g/mol. The Bertz CT molecular complexity index is 867. The highest BCUT2D eigenvalue weighted by Gasteiger charge is 2.07. The minimum atomic E-state index is -0.157. The molecule has 3 aromatic rings. The molecule has 0 atom stereocenters. The summed E-state index contributed by atoms with van der Waals surface area (Å²) in [5.74, 6) is -0.129. The summed E-state index contributed by atoms with van der Waals surface area (Å²) in [5.41, 5.74) is 2.71. The second-order valence-corrected chi connectivity index (χ2v) is 7.14. The van der Waals surface area contributed by atoms with Crippen LogP contribution in [0.15, 0.2) is 54.2 Å². The van der Waals surface area contributed by atoms with Gasteiger partial charge < -0.3 is 5.32 Å². The highest BCUT2D eigenvalue weighted by Crippen LogP contribution is 2.23. The number of aromatic nitrogens is 2. The lowest BCUT2D eigenvalue weighted by molar-refractivity contribution is -0.121. The molecule has 0 saturated heterocycles. The molecule has 140 valence electrons. The molecule has 0 fully saturated rings. The molecule has 3 rings (SSSR count). The summed E-state index contributed by atoms with van der Waals surface area (Å²) in [4.78, 5) is 20.6. The van der Waals surface area contributed by atoms with Crippen LogP contribution in [0.4, 0.5) is 4.39 Å². The minimum absolute atomic E-state index is 0.0272. The Morgan fingerprint density at radius 3 is 2.70 bits per heavy atom. The van der Waals surface area contributed by atoms with Crippen LogP contribution in [0.1, 0.15) is 30.5 Å². The molecule has 6 heteroatoms. The summed E-state index contributed by atoms with van der Waals surface area (Å²) in [6.07, 6.45) is 6.92. The quantitative estimate of drug-likeness (QED) is 0.557. The van der Waals surface area contributed by atoms with Crippen molar-refractivity contribution in [2.45, 2.75) is 32.1 Å². The van der Waals surface area contributed by atoms with Crippen LogP contribution in [0, 0.1) is 5.82 Å². The number of carbonyl (C=O) groups is 1. The topological polar surface area (TPSA) is 54.9 Å². The lowest BCUT2D eigenvalue weighted by atomic mass is 10.1. The van der Waals surface area contributed by atoms with Gasteiger partial charge in [0.05, 0.1) is 5.69 Å². The van der Waals surface area contributed by atoms with E-state index in [0.717, 1.165) is 34.7 Å². The normalized spacial score (nSPS) is 10.7. The number of unbranched alkanes of at least 4 members (excludes halogenated alkanes) is 1. The van der Waals surface area contributed by atoms with Gasteiger partial charge in [-0.25, -0.2) is 9.37 Å². The third-order valence-electron chi connectivity index (χ3n) is 4.24. The number of amides is 1. The molecule has 2 heterocycles. The van der Waals surface area contributed by atoms with Crippen LogP contribution in [0.25, 0.3) is 10.6 Å². The van der Waals surface area contributed by atoms with Crippen molar-refractivity contribution in [3.05, 3.63) is 71.2 Å². The zero-order chi connectivity index (χ0) is 18.9. The molecule has 0 unspecified atom stereocenters. The number of thiazole rings is 1. The average Bonchev–Trinajstić information content (AvgIpc) is 3.17. The van der Waals surface area contributed by atoms with Crippen molar-refractivity contribution in [1.82, 2.24) is 15.3 Å². The van der Waals surface area contributed by atoms with Crippen molar-refractivity contribution in [3.8, 4) is 10.6 Å². The zero-order valence-corrected chi connectivity index (χ0v) is 15.8. The number of rotatable bonds is 9. The van der Waals surface area contributed by atoms with Crippen molar-refractivity contribution in [2.75, 3.05) is 6.54 Å². The maximum absolute atomic E-state index is 13.5. The molecule has 2 aromatic heterocycles. The maximum atomic E-state index is 13.5. The van der Waals surface area contributed by atoms with Gasteiger partial charge in [0.2, 0.25) is 5.91 Å². The molecule has 0 radical (unpaired) electrons. The van der Waals surface area contributed by atoms with E-state index >= 15 is 0 Å². The number of nitrogens with one attached hydrogen (secondary N) is 1. The highest BCUT2D eigenvalue weighted by atomic mass is 32.1. The van der Waals surface area contributed by atoms with Gasteiger partial charge >= 0.3 is 0 Å². The van der Waals surface area contributed by atoms with Crippen LogP contribution in [0.5, 0.6) is 0 Å². The van der Waals surface area contributed by atoms with Gasteiger partial charge in [0.1, 0.15) is 10.8 Å². The Balaban J connectivity index is 1.33. The van der Waals surface area contributed by atoms with Crippen LogP contribution in [0.3, 0.4) is 0 Å². The Morgan fingerprint density at radius 1 is 1.07 bits per heavy atom. The maximum Gasteiger partial charge on any atom is 0.220 e. The molecule has 1 N–H and O–H groups in total. The summed E-state index contributed by atoms with van der Waals surface area (Å²) >= 11 is 1.58. The standard InChI is InChI=1S/C21H22FN3OS/c22-19-7-2-1-5-16(19)6-3-4-12-24-20(26)9-8-18-15-27-21(25-18)17-10-13-23-14-11-17/h1-2,5,7,10-11,13-15H,3-4,6,8-9,12H2,(H,24,26). The van der Waals surface area contributed by atoms with Crippen LogP contribution in [-0.4, -0.2) is 22.4 Å². The fourth-order valence-corrected chi connectivity index (χ4v) is 3.61. The second-order valence-electron chi connectivity index (χ2n) is 6.28. The van der Waals surface area contributed by atoms with E-state index in [4.69, 9.17) is 0 Å². The molecule has 0 bridgehead atoms. The first kappa shape index (κ1) is 19.2. The third kappa shape index (κ3) is 5.96. The van der Waals surface area contributed by atoms with Gasteiger partial charge in [-0.1, -0.05) is 18.2 Å². The van der Waals surface area contributed by atoms with Crippen molar-refractivity contribution in [3.63, 3.8) is 0 Å². The van der Waals surface area contributed by atoms with Crippen LogP contribution in [-0.2, 0) is 17.6 Å². The van der Waals surface area contributed by atoms with E-state index in [1.54, 1.807) is 29.8 Å². The monoisotopic (exact) mass is 383 g/mol. The molecule has 27 heavy (non-hydrogen) atoms. The molecular formula is C21H22FN3OS. The number of halogens is 1. The van der Waals surface area contributed by atoms with E-state index < -0.39 is 0 Å². The first-order chi connectivity index (χ1) is 13.2. The second kappa shape index (κ2) is 9.92. The Morgan fingerprint density at radius 2 is 1.89 bits per heavy atom. The first-order valence-corrected chi connectivity index (χ1v) is 9.95. The summed E-state index contributed by atoms with van der Waals surface area (Å²) in [5, 5.41) is 5.87. The lowest BCUT2D eigenvalue weighted by Gasteiger charge is -2.05. The van der Waals surface area contributed by atoms with Crippen molar-refractivity contribution in [1.29, 1.82) is 0 Å². The van der Waals surface area contributed by atoms with Crippen molar-refractivity contribution < 1.29 is 9.18 Å². The molecule has 0 aliphatic carbocycles. The van der Waals surface area contributed by atoms with Crippen molar-refractivity contribution in [2.24, 2.45) is 0 Å². The molecule has 1 amide bonds. The molecule has 0 aliphatic rings. The number of benzene rings is 1. The predicted octanol–water partition coefficient (Wildman–Crippen LogP) is 4.42. The number of hydrogen-bond donors (Lipinski definition) is 1. The third-order valence-corrected chi connectivity index (χ3v) is 5.18. The Kier molecular flexibility index (Phi) is 7.04. The van der Waals surface area contributed by atoms with Gasteiger partial charge in [-0.15, -0.1) is 11.3 Å². The van der Waals surface area contributed by atoms with E-state index in [1.807, 2.05) is 29.6 Å². The Hall–Kier alpha value is -2.60. The molecule has 0 aliphatic heterocycles. The summed E-state index contributed by atoms with van der Waals surface area (Å²) in [6.45, 7) is 0.618. The van der Waals surface area contributed by atoms with Gasteiger partial charge in [-0.2, -0.15) is 0 Å². The minimum Gasteiger partial charge on any atom is -0.356 e. The van der Waals surface area contributed by atoms with Crippen LogP contribution >= 0.6 is 11.3 Å². The number of nitrogens with zero attached hydrogens (tertiary/aromatic N) is 2. The van der Waals surface area contributed by atoms with Gasteiger partial charge in [0, 0.05) is 36.3 Å². The van der Waals surface area contributed by atoms with Gasteiger partial charge in [0.15, 0.2) is 0 Å². The van der Waals surface area contributed by atoms with Gasteiger partial charge in [0.25, 0.3) is 0 Å². The predicted molar refractivity (Wildman–Crippen MR) is 106 cm³/mol.